The summed E-state index contributed by atoms with van der Waals surface area (Å²) >= 11 is 1.70. The van der Waals surface area contributed by atoms with Crippen LogP contribution in [-0.4, -0.2) is 41.9 Å². The van der Waals surface area contributed by atoms with Gasteiger partial charge in [0.25, 0.3) is 0 Å². The number of carbonyl (C=O) groups excluding carboxylic acids is 1. The molecule has 0 heterocycles. The van der Waals surface area contributed by atoms with Crippen LogP contribution >= 0.6 is 11.8 Å². The fourth-order valence-electron chi connectivity index (χ4n) is 0.755. The summed E-state index contributed by atoms with van der Waals surface area (Å²) in [4.78, 5) is 13.0. The number of nitrogens with two attached hydrogens (primary N) is 1. The average molecular weight is 190 g/mol. The van der Waals surface area contributed by atoms with Gasteiger partial charge in [0.2, 0.25) is 5.91 Å². The molecule has 0 saturated carbocycles. The molecule has 1 amide bonds. The molecule has 72 valence electrons. The van der Waals surface area contributed by atoms with Crippen molar-refractivity contribution in [1.29, 1.82) is 0 Å². The average Bonchev–Trinajstić information content (AvgIpc) is 2.11. The topological polar surface area (TPSA) is 46.3 Å². The number of hydrogen-bond acceptors (Lipinski definition) is 3. The van der Waals surface area contributed by atoms with Gasteiger partial charge >= 0.3 is 0 Å². The maximum absolute atomic E-state index is 11.4. The molecule has 0 aromatic carbocycles. The van der Waals surface area contributed by atoms with Gasteiger partial charge in [0.05, 0.1) is 6.04 Å². The Bertz CT molecular complexity index is 141. The molecule has 3 nitrogen and oxygen atoms in total. The van der Waals surface area contributed by atoms with Gasteiger partial charge in [-0.3, -0.25) is 4.79 Å². The van der Waals surface area contributed by atoms with Gasteiger partial charge in [-0.25, -0.2) is 0 Å². The van der Waals surface area contributed by atoms with Crippen molar-refractivity contribution >= 4 is 17.7 Å². The number of rotatable bonds is 5. The van der Waals surface area contributed by atoms with Crippen LogP contribution in [0, 0.1) is 0 Å². The van der Waals surface area contributed by atoms with E-state index < -0.39 is 0 Å². The monoisotopic (exact) mass is 190 g/mol. The van der Waals surface area contributed by atoms with Crippen LogP contribution in [-0.2, 0) is 4.79 Å². The molecule has 0 aromatic rings. The lowest BCUT2D eigenvalue weighted by atomic mass is 10.3. The molecule has 0 aliphatic heterocycles. The first kappa shape index (κ1) is 11.8. The highest BCUT2D eigenvalue weighted by Gasteiger charge is 2.15. The number of hydrogen-bond donors (Lipinski definition) is 1. The highest BCUT2D eigenvalue weighted by molar-refractivity contribution is 7.99. The van der Waals surface area contributed by atoms with E-state index in [1.54, 1.807) is 23.7 Å². The van der Waals surface area contributed by atoms with Crippen molar-refractivity contribution in [2.75, 3.05) is 25.1 Å². The van der Waals surface area contributed by atoms with Crippen LogP contribution in [0.25, 0.3) is 0 Å². The Morgan fingerprint density at radius 3 is 2.58 bits per heavy atom. The van der Waals surface area contributed by atoms with E-state index >= 15 is 0 Å². The van der Waals surface area contributed by atoms with Gasteiger partial charge in [0.1, 0.15) is 0 Å². The second-order valence-corrected chi connectivity index (χ2v) is 3.94. The van der Waals surface area contributed by atoms with Crippen molar-refractivity contribution in [2.24, 2.45) is 5.73 Å². The van der Waals surface area contributed by atoms with E-state index in [0.717, 1.165) is 18.1 Å². The van der Waals surface area contributed by atoms with E-state index in [4.69, 9.17) is 5.73 Å². The zero-order valence-corrected chi connectivity index (χ0v) is 8.86. The van der Waals surface area contributed by atoms with E-state index in [1.807, 2.05) is 6.92 Å². The number of amides is 1. The largest absolute Gasteiger partial charge is 0.345 e. The summed E-state index contributed by atoms with van der Waals surface area (Å²) < 4.78 is 0. The normalized spacial score (nSPS) is 12.7. The second kappa shape index (κ2) is 6.31. The molecule has 4 heteroatoms. The van der Waals surface area contributed by atoms with Gasteiger partial charge < -0.3 is 10.6 Å². The molecular weight excluding hydrogens is 172 g/mol. The number of likely N-dealkylation sites (N-methyl/N-ethyl adjacent to an activating group) is 1. The van der Waals surface area contributed by atoms with E-state index in [1.165, 1.54) is 0 Å². The predicted molar refractivity (Wildman–Crippen MR) is 54.3 cm³/mol. The predicted octanol–water partition coefficient (Wildman–Crippen LogP) is 0.545. The maximum atomic E-state index is 11.4. The molecule has 0 aromatic heterocycles. The van der Waals surface area contributed by atoms with Gasteiger partial charge in [0, 0.05) is 19.3 Å². The molecule has 0 unspecified atom stereocenters. The van der Waals surface area contributed by atoms with Gasteiger partial charge in [-0.15, -0.1) is 0 Å². The summed E-state index contributed by atoms with van der Waals surface area (Å²) in [5, 5.41) is 0. The fraction of sp³-hybridized carbons (Fsp3) is 0.875. The first-order chi connectivity index (χ1) is 5.63. The standard InChI is InChI=1S/C8H18N2OS/c1-4-10(3)8(11)7(9)6-12-5-2/h7H,4-6,9H2,1-3H3/t7-/m0/s1. The highest BCUT2D eigenvalue weighted by Crippen LogP contribution is 2.02. The summed E-state index contributed by atoms with van der Waals surface area (Å²) in [6.45, 7) is 4.73. The Kier molecular flexibility index (Phi) is 6.20. The molecule has 12 heavy (non-hydrogen) atoms. The molecule has 0 radical (unpaired) electrons. The minimum absolute atomic E-state index is 0.0402. The van der Waals surface area contributed by atoms with Crippen LogP contribution in [0.2, 0.25) is 0 Å². The molecule has 1 atom stereocenters. The molecule has 0 bridgehead atoms. The van der Waals surface area contributed by atoms with Crippen molar-refractivity contribution < 1.29 is 4.79 Å². The van der Waals surface area contributed by atoms with Crippen molar-refractivity contribution in [3.05, 3.63) is 0 Å². The fourth-order valence-corrected chi connectivity index (χ4v) is 1.39. The summed E-state index contributed by atoms with van der Waals surface area (Å²) in [7, 11) is 1.78. The SMILES string of the molecule is CCSC[C@H](N)C(=O)N(C)CC. The van der Waals surface area contributed by atoms with Gasteiger partial charge in [-0.05, 0) is 12.7 Å². The first-order valence-corrected chi connectivity index (χ1v) is 5.37. The smallest absolute Gasteiger partial charge is 0.240 e. The molecule has 0 fully saturated rings. The van der Waals surface area contributed by atoms with E-state index in [9.17, 15) is 4.79 Å². The first-order valence-electron chi connectivity index (χ1n) is 4.21. The number of carbonyl (C=O) groups is 1. The Morgan fingerprint density at radius 1 is 1.58 bits per heavy atom. The van der Waals surface area contributed by atoms with Gasteiger partial charge in [-0.1, -0.05) is 6.92 Å². The lowest BCUT2D eigenvalue weighted by molar-refractivity contribution is -0.130. The quantitative estimate of drug-likeness (QED) is 0.688. The van der Waals surface area contributed by atoms with Crippen molar-refractivity contribution in [2.45, 2.75) is 19.9 Å². The zero-order valence-electron chi connectivity index (χ0n) is 8.04. The molecule has 2 N–H and O–H groups in total. The lowest BCUT2D eigenvalue weighted by Gasteiger charge is -2.18. The Labute approximate surface area is 78.7 Å². The van der Waals surface area contributed by atoms with Crippen LogP contribution in [0.15, 0.2) is 0 Å². The second-order valence-electron chi connectivity index (χ2n) is 2.62. The van der Waals surface area contributed by atoms with Crippen LogP contribution in [0.3, 0.4) is 0 Å². The van der Waals surface area contributed by atoms with Crippen LogP contribution in [0.1, 0.15) is 13.8 Å². The van der Waals surface area contributed by atoms with E-state index in [0.29, 0.717) is 0 Å². The Balaban J connectivity index is 3.75. The molecule has 0 aliphatic carbocycles. The minimum atomic E-state index is -0.333. The third kappa shape index (κ3) is 3.97. The zero-order chi connectivity index (χ0) is 9.56. The van der Waals surface area contributed by atoms with Crippen molar-refractivity contribution in [3.8, 4) is 0 Å². The number of nitrogens with zero attached hydrogens (tertiary/aromatic N) is 1. The van der Waals surface area contributed by atoms with Gasteiger partial charge in [-0.2, -0.15) is 11.8 Å². The lowest BCUT2D eigenvalue weighted by Crippen LogP contribution is -2.43. The van der Waals surface area contributed by atoms with E-state index in [-0.39, 0.29) is 11.9 Å². The van der Waals surface area contributed by atoms with Crippen LogP contribution in [0.4, 0.5) is 0 Å². The third-order valence-corrected chi connectivity index (χ3v) is 2.67. The Morgan fingerprint density at radius 2 is 2.17 bits per heavy atom. The minimum Gasteiger partial charge on any atom is -0.345 e. The van der Waals surface area contributed by atoms with Crippen LogP contribution in [0.5, 0.6) is 0 Å². The van der Waals surface area contributed by atoms with Crippen molar-refractivity contribution in [3.63, 3.8) is 0 Å². The summed E-state index contributed by atoms with van der Waals surface area (Å²) in [6.07, 6.45) is 0. The van der Waals surface area contributed by atoms with Crippen LogP contribution < -0.4 is 5.73 Å². The molecule has 0 aliphatic rings. The van der Waals surface area contributed by atoms with E-state index in [2.05, 4.69) is 6.92 Å². The molecule has 0 saturated heterocycles. The highest BCUT2D eigenvalue weighted by atomic mass is 32.2. The molecule has 0 rings (SSSR count). The number of thioether (sulfide) groups is 1. The maximum Gasteiger partial charge on any atom is 0.240 e. The van der Waals surface area contributed by atoms with Crippen molar-refractivity contribution in [1.82, 2.24) is 4.90 Å². The molecule has 0 spiro atoms. The van der Waals surface area contributed by atoms with Gasteiger partial charge in [0.15, 0.2) is 0 Å². The third-order valence-electron chi connectivity index (χ3n) is 1.67. The molecular formula is C8H18N2OS. The Hall–Kier alpha value is -0.220. The summed E-state index contributed by atoms with van der Waals surface area (Å²) in [5.41, 5.74) is 5.67. The summed E-state index contributed by atoms with van der Waals surface area (Å²) in [5.74, 6) is 1.77. The summed E-state index contributed by atoms with van der Waals surface area (Å²) in [6, 6.07) is -0.333.